The minimum atomic E-state index is -0.290. The highest BCUT2D eigenvalue weighted by molar-refractivity contribution is 5.77. The molecule has 0 bridgehead atoms. The zero-order chi connectivity index (χ0) is 10.1. The van der Waals surface area contributed by atoms with E-state index in [1.807, 2.05) is 0 Å². The molecule has 0 rings (SSSR count). The third-order valence-electron chi connectivity index (χ3n) is 1.51. The summed E-state index contributed by atoms with van der Waals surface area (Å²) in [6.07, 6.45) is 1.91. The highest BCUT2D eigenvalue weighted by atomic mass is 16.2. The Morgan fingerprint density at radius 3 is 2.54 bits per heavy atom. The molecule has 0 aromatic heterocycles. The fraction of sp³-hybridized carbons (Fsp3) is 0.750. The first-order chi connectivity index (χ1) is 6.16. The summed E-state index contributed by atoms with van der Waals surface area (Å²) in [5.41, 5.74) is 4.95. The van der Waals surface area contributed by atoms with Crippen LogP contribution in [0.1, 0.15) is 19.3 Å². The van der Waals surface area contributed by atoms with Crippen LogP contribution in [0.2, 0.25) is 0 Å². The second-order valence-electron chi connectivity index (χ2n) is 2.80. The fourth-order valence-corrected chi connectivity index (χ4v) is 0.875. The summed E-state index contributed by atoms with van der Waals surface area (Å²) >= 11 is 0. The maximum absolute atomic E-state index is 10.9. The van der Waals surface area contributed by atoms with Gasteiger partial charge in [-0.2, -0.15) is 0 Å². The summed E-state index contributed by atoms with van der Waals surface area (Å²) in [6, 6.07) is 0. The Morgan fingerprint density at radius 1 is 1.31 bits per heavy atom. The summed E-state index contributed by atoms with van der Waals surface area (Å²) in [5, 5.41) is 5.44. The third-order valence-corrected chi connectivity index (χ3v) is 1.51. The van der Waals surface area contributed by atoms with Crippen LogP contribution in [-0.4, -0.2) is 32.0 Å². The normalized spacial score (nSPS) is 9.62. The van der Waals surface area contributed by atoms with E-state index in [-0.39, 0.29) is 11.8 Å². The molecule has 4 N–H and O–H groups in total. The van der Waals surface area contributed by atoms with Gasteiger partial charge in [0.1, 0.15) is 0 Å². The zero-order valence-corrected chi connectivity index (χ0v) is 7.93. The predicted molar refractivity (Wildman–Crippen MR) is 50.0 cm³/mol. The van der Waals surface area contributed by atoms with Crippen molar-refractivity contribution in [3.05, 3.63) is 0 Å². The van der Waals surface area contributed by atoms with Crippen LogP contribution in [0.3, 0.4) is 0 Å². The van der Waals surface area contributed by atoms with Gasteiger partial charge in [-0.05, 0) is 19.9 Å². The largest absolute Gasteiger partial charge is 0.370 e. The monoisotopic (exact) mass is 187 g/mol. The highest BCUT2D eigenvalue weighted by Crippen LogP contribution is 1.91. The van der Waals surface area contributed by atoms with Crippen molar-refractivity contribution >= 4 is 11.8 Å². The molecular formula is C8H17N3O2. The number of hydrogen-bond acceptors (Lipinski definition) is 3. The van der Waals surface area contributed by atoms with E-state index < -0.39 is 0 Å². The van der Waals surface area contributed by atoms with Crippen LogP contribution in [0.5, 0.6) is 0 Å². The Labute approximate surface area is 78.1 Å². The maximum Gasteiger partial charge on any atom is 0.233 e. The van der Waals surface area contributed by atoms with E-state index >= 15 is 0 Å². The topological polar surface area (TPSA) is 84.2 Å². The van der Waals surface area contributed by atoms with Crippen LogP contribution in [0.15, 0.2) is 0 Å². The number of carbonyl (C=O) groups excluding carboxylic acids is 2. The van der Waals surface area contributed by atoms with Crippen LogP contribution in [-0.2, 0) is 9.59 Å². The van der Waals surface area contributed by atoms with Gasteiger partial charge in [0.2, 0.25) is 11.8 Å². The van der Waals surface area contributed by atoms with E-state index in [2.05, 4.69) is 10.6 Å². The molecule has 0 spiro atoms. The number of carbonyl (C=O) groups is 2. The molecule has 0 aromatic carbocycles. The molecule has 0 heterocycles. The molecule has 5 nitrogen and oxygen atoms in total. The molecule has 5 heteroatoms. The number of primary amides is 1. The van der Waals surface area contributed by atoms with E-state index in [4.69, 9.17) is 5.73 Å². The van der Waals surface area contributed by atoms with Crippen molar-refractivity contribution in [2.75, 3.05) is 20.1 Å². The van der Waals surface area contributed by atoms with Crippen molar-refractivity contribution in [1.29, 1.82) is 0 Å². The molecule has 0 aliphatic rings. The standard InChI is InChI=1S/C8H17N3O2/c1-10-6-8(13)11-5-3-2-4-7(9)12/h10H,2-6H2,1H3,(H2,9,12)(H,11,13). The first-order valence-electron chi connectivity index (χ1n) is 4.36. The molecule has 2 amide bonds. The van der Waals surface area contributed by atoms with Crippen LogP contribution < -0.4 is 16.4 Å². The molecule has 0 atom stereocenters. The fourth-order valence-electron chi connectivity index (χ4n) is 0.875. The minimum Gasteiger partial charge on any atom is -0.370 e. The first kappa shape index (κ1) is 11.9. The lowest BCUT2D eigenvalue weighted by Gasteiger charge is -2.03. The van der Waals surface area contributed by atoms with Crippen molar-refractivity contribution in [3.8, 4) is 0 Å². The lowest BCUT2D eigenvalue weighted by Crippen LogP contribution is -2.32. The van der Waals surface area contributed by atoms with Crippen molar-refractivity contribution in [1.82, 2.24) is 10.6 Å². The van der Waals surface area contributed by atoms with E-state index in [0.717, 1.165) is 12.8 Å². The van der Waals surface area contributed by atoms with E-state index in [0.29, 0.717) is 19.5 Å². The molecule has 0 saturated heterocycles. The smallest absolute Gasteiger partial charge is 0.233 e. The number of nitrogens with one attached hydrogen (secondary N) is 2. The average Bonchev–Trinajstić information content (AvgIpc) is 2.03. The average molecular weight is 187 g/mol. The molecule has 0 unspecified atom stereocenters. The Balaban J connectivity index is 3.16. The number of unbranched alkanes of at least 4 members (excludes halogenated alkanes) is 1. The summed E-state index contributed by atoms with van der Waals surface area (Å²) < 4.78 is 0. The maximum atomic E-state index is 10.9. The highest BCUT2D eigenvalue weighted by Gasteiger charge is 1.98. The van der Waals surface area contributed by atoms with E-state index in [1.165, 1.54) is 0 Å². The SMILES string of the molecule is CNCC(=O)NCCCCC(N)=O. The minimum absolute atomic E-state index is 0.0263. The van der Waals surface area contributed by atoms with Gasteiger partial charge < -0.3 is 16.4 Å². The van der Waals surface area contributed by atoms with Crippen molar-refractivity contribution < 1.29 is 9.59 Å². The number of nitrogens with two attached hydrogens (primary N) is 1. The van der Waals surface area contributed by atoms with Crippen molar-refractivity contribution in [3.63, 3.8) is 0 Å². The summed E-state index contributed by atoms with van der Waals surface area (Å²) in [6.45, 7) is 0.934. The van der Waals surface area contributed by atoms with Gasteiger partial charge in [0.25, 0.3) is 0 Å². The molecular weight excluding hydrogens is 170 g/mol. The zero-order valence-electron chi connectivity index (χ0n) is 7.93. The Kier molecular flexibility index (Phi) is 6.91. The number of likely N-dealkylation sites (N-methyl/N-ethyl adjacent to an activating group) is 1. The third kappa shape index (κ3) is 8.81. The summed E-state index contributed by atoms with van der Waals surface area (Å²) in [5.74, 6) is -0.317. The predicted octanol–water partition coefficient (Wildman–Crippen LogP) is -1.02. The van der Waals surface area contributed by atoms with E-state index in [9.17, 15) is 9.59 Å². The second kappa shape index (κ2) is 7.54. The van der Waals surface area contributed by atoms with Crippen LogP contribution in [0.4, 0.5) is 0 Å². The first-order valence-corrected chi connectivity index (χ1v) is 4.36. The molecule has 0 aromatic rings. The van der Waals surface area contributed by atoms with Gasteiger partial charge in [-0.3, -0.25) is 9.59 Å². The summed E-state index contributed by atoms with van der Waals surface area (Å²) in [7, 11) is 1.71. The molecule has 0 saturated carbocycles. The Bertz CT molecular complexity index is 171. The summed E-state index contributed by atoms with van der Waals surface area (Å²) in [4.78, 5) is 21.2. The molecule has 76 valence electrons. The van der Waals surface area contributed by atoms with Gasteiger partial charge in [0.05, 0.1) is 6.54 Å². The Hall–Kier alpha value is -1.10. The van der Waals surface area contributed by atoms with Gasteiger partial charge in [-0.15, -0.1) is 0 Å². The Morgan fingerprint density at radius 2 is 2.00 bits per heavy atom. The number of amides is 2. The van der Waals surface area contributed by atoms with Crippen molar-refractivity contribution in [2.45, 2.75) is 19.3 Å². The van der Waals surface area contributed by atoms with Gasteiger partial charge >= 0.3 is 0 Å². The van der Waals surface area contributed by atoms with Gasteiger partial charge in [0.15, 0.2) is 0 Å². The second-order valence-corrected chi connectivity index (χ2v) is 2.80. The number of hydrogen-bond donors (Lipinski definition) is 3. The van der Waals surface area contributed by atoms with Crippen LogP contribution in [0, 0.1) is 0 Å². The molecule has 13 heavy (non-hydrogen) atoms. The lowest BCUT2D eigenvalue weighted by atomic mass is 10.2. The number of rotatable bonds is 7. The molecule has 0 radical (unpaired) electrons. The van der Waals surface area contributed by atoms with Crippen LogP contribution >= 0.6 is 0 Å². The van der Waals surface area contributed by atoms with Gasteiger partial charge in [-0.1, -0.05) is 0 Å². The molecule has 0 aliphatic heterocycles. The van der Waals surface area contributed by atoms with E-state index in [1.54, 1.807) is 7.05 Å². The lowest BCUT2D eigenvalue weighted by molar-refractivity contribution is -0.120. The van der Waals surface area contributed by atoms with Crippen LogP contribution in [0.25, 0.3) is 0 Å². The van der Waals surface area contributed by atoms with Gasteiger partial charge in [0, 0.05) is 13.0 Å². The molecule has 0 fully saturated rings. The van der Waals surface area contributed by atoms with Crippen molar-refractivity contribution in [2.24, 2.45) is 5.73 Å². The van der Waals surface area contributed by atoms with Gasteiger partial charge in [-0.25, -0.2) is 0 Å². The quantitative estimate of drug-likeness (QED) is 0.446. The molecule has 0 aliphatic carbocycles.